The molecule has 0 bridgehead atoms. The van der Waals surface area contributed by atoms with Crippen LogP contribution in [0, 0.1) is 0 Å². The van der Waals surface area contributed by atoms with Crippen molar-refractivity contribution in [3.63, 3.8) is 0 Å². The first kappa shape index (κ1) is 14.8. The van der Waals surface area contributed by atoms with Crippen molar-refractivity contribution < 1.29 is 19.8 Å². The number of amides is 1. The Hall–Kier alpha value is -2.12. The van der Waals surface area contributed by atoms with Crippen molar-refractivity contribution in [1.29, 1.82) is 0 Å². The Morgan fingerprint density at radius 3 is 2.77 bits per heavy atom. The lowest BCUT2D eigenvalue weighted by atomic mass is 10.0. The quantitative estimate of drug-likeness (QED) is 0.631. The van der Waals surface area contributed by atoms with Crippen LogP contribution in [0.25, 0.3) is 0 Å². The van der Waals surface area contributed by atoms with Gasteiger partial charge in [-0.15, -0.1) is 11.8 Å². The largest absolute Gasteiger partial charge is 0.477 e. The molecule has 1 fully saturated rings. The van der Waals surface area contributed by atoms with E-state index in [4.69, 9.17) is 0 Å². The van der Waals surface area contributed by atoms with E-state index in [1.165, 1.54) is 16.7 Å². The van der Waals surface area contributed by atoms with Crippen LogP contribution in [0.1, 0.15) is 5.56 Å². The number of hydrogen-bond donors (Lipinski definition) is 2. The average molecular weight is 318 g/mol. The zero-order valence-electron chi connectivity index (χ0n) is 11.5. The molecule has 0 spiro atoms. The van der Waals surface area contributed by atoms with Gasteiger partial charge in [-0.25, -0.2) is 4.79 Å². The molecule has 1 aromatic carbocycles. The molecule has 2 aliphatic heterocycles. The number of fused-ring (bicyclic) bond motifs is 1. The second kappa shape index (κ2) is 5.94. The predicted octanol–water partition coefficient (Wildman–Crippen LogP) is 0.720. The van der Waals surface area contributed by atoms with Gasteiger partial charge in [-0.05, 0) is 11.1 Å². The number of aliphatic hydroxyl groups is 1. The minimum Gasteiger partial charge on any atom is -0.477 e. The number of thioether (sulfide) groups is 1. The lowest BCUT2D eigenvalue weighted by molar-refractivity contribution is -0.147. The van der Waals surface area contributed by atoms with Gasteiger partial charge < -0.3 is 10.2 Å². The van der Waals surface area contributed by atoms with E-state index < -0.39 is 12.0 Å². The number of carboxylic acids is 1. The minimum atomic E-state index is -1.19. The molecule has 1 amide bonds. The molecular formula is C15H14N2O4S. The molecule has 0 aliphatic carbocycles. The number of carbonyl (C=O) groups is 2. The predicted molar refractivity (Wildman–Crippen MR) is 82.7 cm³/mol. The monoisotopic (exact) mass is 318 g/mol. The highest BCUT2D eigenvalue weighted by molar-refractivity contribution is 8.00. The summed E-state index contributed by atoms with van der Waals surface area (Å²) in [4.78, 5) is 29.1. The highest BCUT2D eigenvalue weighted by atomic mass is 32.2. The van der Waals surface area contributed by atoms with E-state index in [9.17, 15) is 19.8 Å². The lowest BCUT2D eigenvalue weighted by Gasteiger charge is -2.47. The van der Waals surface area contributed by atoms with Gasteiger partial charge in [-0.3, -0.25) is 14.7 Å². The molecule has 0 radical (unpaired) electrons. The molecule has 3 rings (SSSR count). The van der Waals surface area contributed by atoms with Crippen LogP contribution in [0.3, 0.4) is 0 Å². The first-order valence-corrected chi connectivity index (χ1v) is 7.77. The molecule has 1 unspecified atom stereocenters. The van der Waals surface area contributed by atoms with Crippen molar-refractivity contribution in [3.05, 3.63) is 47.2 Å². The summed E-state index contributed by atoms with van der Waals surface area (Å²) in [6.45, 7) is -0.358. The third-order valence-electron chi connectivity index (χ3n) is 3.60. The molecule has 0 aromatic heterocycles. The first-order chi connectivity index (χ1) is 10.6. The lowest BCUT2D eigenvalue weighted by Crippen LogP contribution is -2.64. The van der Waals surface area contributed by atoms with Gasteiger partial charge in [0, 0.05) is 12.0 Å². The van der Waals surface area contributed by atoms with Crippen LogP contribution in [-0.4, -0.2) is 57.0 Å². The summed E-state index contributed by atoms with van der Waals surface area (Å²) in [5.74, 6) is -1.13. The number of aliphatic imine (C=N–C) groups is 1. The van der Waals surface area contributed by atoms with Crippen molar-refractivity contribution >= 4 is 29.9 Å². The molecule has 114 valence electrons. The number of carbonyl (C=O) groups excluding carboxylic acids is 1. The summed E-state index contributed by atoms with van der Waals surface area (Å²) in [6, 6.07) is 8.84. The van der Waals surface area contributed by atoms with Gasteiger partial charge in [0.15, 0.2) is 6.04 Å². The Balaban J connectivity index is 1.81. The van der Waals surface area contributed by atoms with Gasteiger partial charge in [-0.2, -0.15) is 0 Å². The number of β-lactam (4-membered cyclic amide) rings is 1. The van der Waals surface area contributed by atoms with Crippen LogP contribution in [0.2, 0.25) is 0 Å². The SMILES string of the molecule is O=C(O)C1=C(CO)CS[C@H]2C(N=Cc3ccccc3)C(=O)N12. The van der Waals surface area contributed by atoms with E-state index in [0.717, 1.165) is 5.56 Å². The second-order valence-electron chi connectivity index (χ2n) is 4.96. The van der Waals surface area contributed by atoms with Crippen LogP contribution >= 0.6 is 11.8 Å². The number of carboxylic acid groups (broad SMARTS) is 1. The van der Waals surface area contributed by atoms with Crippen LogP contribution in [0.5, 0.6) is 0 Å². The van der Waals surface area contributed by atoms with Gasteiger partial charge in [0.05, 0.1) is 6.61 Å². The van der Waals surface area contributed by atoms with Gasteiger partial charge in [0.25, 0.3) is 5.91 Å². The molecule has 1 saturated heterocycles. The van der Waals surface area contributed by atoms with E-state index in [1.54, 1.807) is 6.21 Å². The van der Waals surface area contributed by atoms with Crippen LogP contribution in [0.4, 0.5) is 0 Å². The highest BCUT2D eigenvalue weighted by Crippen LogP contribution is 2.41. The van der Waals surface area contributed by atoms with Crippen LogP contribution in [-0.2, 0) is 9.59 Å². The Bertz CT molecular complexity index is 671. The van der Waals surface area contributed by atoms with Crippen molar-refractivity contribution in [2.75, 3.05) is 12.4 Å². The van der Waals surface area contributed by atoms with E-state index in [-0.39, 0.29) is 23.6 Å². The maximum Gasteiger partial charge on any atom is 0.352 e. The van der Waals surface area contributed by atoms with Crippen molar-refractivity contribution in [3.8, 4) is 0 Å². The smallest absolute Gasteiger partial charge is 0.352 e. The van der Waals surface area contributed by atoms with Gasteiger partial charge in [0.1, 0.15) is 11.1 Å². The molecule has 2 atom stereocenters. The maximum absolute atomic E-state index is 12.2. The van der Waals surface area contributed by atoms with Gasteiger partial charge in [0.2, 0.25) is 0 Å². The van der Waals surface area contributed by atoms with Crippen molar-refractivity contribution in [1.82, 2.24) is 4.90 Å². The topological polar surface area (TPSA) is 90.2 Å². The molecule has 7 heteroatoms. The summed E-state index contributed by atoms with van der Waals surface area (Å²) >= 11 is 1.42. The highest BCUT2D eigenvalue weighted by Gasteiger charge is 2.53. The standard InChI is InChI=1S/C15H14N2O4S/c18-7-10-8-22-14-11(13(19)17(14)12(10)15(20)21)16-6-9-4-2-1-3-5-9/h1-6,11,14,18H,7-8H2,(H,20,21)/t11?,14-/m0/s1. The Morgan fingerprint density at radius 1 is 1.41 bits per heavy atom. The summed E-state index contributed by atoms with van der Waals surface area (Å²) < 4.78 is 0. The Morgan fingerprint density at radius 2 is 2.14 bits per heavy atom. The molecule has 2 N–H and O–H groups in total. The average Bonchev–Trinajstić information content (AvgIpc) is 2.54. The normalized spacial score (nSPS) is 24.4. The number of rotatable bonds is 4. The fraction of sp³-hybridized carbons (Fsp3) is 0.267. The number of hydrogen-bond acceptors (Lipinski definition) is 5. The molecule has 2 aliphatic rings. The molecule has 6 nitrogen and oxygen atoms in total. The summed E-state index contributed by atoms with van der Waals surface area (Å²) in [5, 5.41) is 18.2. The summed E-state index contributed by atoms with van der Waals surface area (Å²) in [6.07, 6.45) is 1.63. The molecule has 1 aromatic rings. The van der Waals surface area contributed by atoms with Crippen molar-refractivity contribution in [2.45, 2.75) is 11.4 Å². The van der Waals surface area contributed by atoms with Crippen LogP contribution < -0.4 is 0 Å². The number of aliphatic hydroxyl groups excluding tert-OH is 1. The van der Waals surface area contributed by atoms with Gasteiger partial charge >= 0.3 is 5.97 Å². The maximum atomic E-state index is 12.2. The number of benzene rings is 1. The van der Waals surface area contributed by atoms with E-state index >= 15 is 0 Å². The molecule has 0 saturated carbocycles. The first-order valence-electron chi connectivity index (χ1n) is 6.72. The fourth-order valence-electron chi connectivity index (χ4n) is 2.49. The summed E-state index contributed by atoms with van der Waals surface area (Å²) in [5.41, 5.74) is 1.16. The van der Waals surface area contributed by atoms with Crippen molar-refractivity contribution in [2.24, 2.45) is 4.99 Å². The minimum absolute atomic E-state index is 0.0950. The van der Waals surface area contributed by atoms with E-state index in [0.29, 0.717) is 11.3 Å². The third kappa shape index (κ3) is 2.42. The van der Waals surface area contributed by atoms with E-state index in [2.05, 4.69) is 4.99 Å². The molecule has 22 heavy (non-hydrogen) atoms. The Labute approximate surface area is 131 Å². The van der Waals surface area contributed by atoms with E-state index in [1.807, 2.05) is 30.3 Å². The fourth-order valence-corrected chi connectivity index (χ4v) is 3.82. The molecular weight excluding hydrogens is 304 g/mol. The summed E-state index contributed by atoms with van der Waals surface area (Å²) in [7, 11) is 0. The zero-order valence-corrected chi connectivity index (χ0v) is 12.4. The Kier molecular flexibility index (Phi) is 4.00. The van der Waals surface area contributed by atoms with Crippen LogP contribution in [0.15, 0.2) is 46.6 Å². The van der Waals surface area contributed by atoms with Gasteiger partial charge in [-0.1, -0.05) is 30.3 Å². The number of aliphatic carboxylic acids is 1. The third-order valence-corrected chi connectivity index (χ3v) is 4.92. The second-order valence-corrected chi connectivity index (χ2v) is 6.06. The number of nitrogens with zero attached hydrogens (tertiary/aromatic N) is 2. The zero-order chi connectivity index (χ0) is 15.7. The molecule has 2 heterocycles.